The van der Waals surface area contributed by atoms with E-state index in [0.717, 1.165) is 0 Å². The van der Waals surface area contributed by atoms with Crippen molar-refractivity contribution in [3.8, 4) is 17.6 Å². The van der Waals surface area contributed by atoms with Crippen LogP contribution in [0.3, 0.4) is 0 Å². The molecule has 1 heterocycles. The molecule has 0 saturated carbocycles. The Morgan fingerprint density at radius 2 is 1.60 bits per heavy atom. The first-order chi connectivity index (χ1) is 19.2. The van der Waals surface area contributed by atoms with Crippen LogP contribution in [0.4, 0.5) is 5.69 Å². The maximum absolute atomic E-state index is 13.2. The minimum atomic E-state index is -2.38. The molecular weight excluding hydrogens is 586 g/mol. The average molecular weight is 630 g/mol. The van der Waals surface area contributed by atoms with E-state index < -0.39 is 22.6 Å². The predicted octanol–water partition coefficient (Wildman–Crippen LogP) is 8.29. The van der Waals surface area contributed by atoms with Crippen molar-refractivity contribution < 1.29 is 23.2 Å². The standard InChI is InChI=1S/C31H44ClN3O5Si2/c1-30(2,3)41(8,9)39-24-18-25(40-42(10,11)31(4,5)6)28(32)23(27(24)29(37)38-7)14-12-13-15-26(36)35-22-17-16-21(19-33)34-20-22/h13,15-18,20H,12,14H2,1-11H3,(H,35,36)/b15-13-. The van der Waals surface area contributed by atoms with Crippen molar-refractivity contribution in [2.75, 3.05) is 12.4 Å². The van der Waals surface area contributed by atoms with Crippen molar-refractivity contribution in [1.29, 1.82) is 5.26 Å². The maximum Gasteiger partial charge on any atom is 0.341 e. The second kappa shape index (κ2) is 13.4. The summed E-state index contributed by atoms with van der Waals surface area (Å²) in [5.41, 5.74) is 1.56. The number of halogens is 1. The first kappa shape index (κ1) is 35.1. The Labute approximate surface area is 257 Å². The van der Waals surface area contributed by atoms with Crippen LogP contribution in [0.5, 0.6) is 11.5 Å². The topological polar surface area (TPSA) is 111 Å². The van der Waals surface area contributed by atoms with Gasteiger partial charge in [0.15, 0.2) is 0 Å². The van der Waals surface area contributed by atoms with E-state index in [1.54, 1.807) is 18.2 Å². The van der Waals surface area contributed by atoms with Gasteiger partial charge in [0, 0.05) is 6.07 Å². The fourth-order valence-electron chi connectivity index (χ4n) is 3.37. The lowest BCUT2D eigenvalue weighted by molar-refractivity contribution is -0.111. The Morgan fingerprint density at radius 1 is 1.02 bits per heavy atom. The van der Waals surface area contributed by atoms with Crippen LogP contribution in [0.25, 0.3) is 0 Å². The number of pyridine rings is 1. The van der Waals surface area contributed by atoms with Gasteiger partial charge in [-0.3, -0.25) is 4.79 Å². The molecule has 8 nitrogen and oxygen atoms in total. The highest BCUT2D eigenvalue weighted by molar-refractivity contribution is 6.75. The van der Waals surface area contributed by atoms with E-state index >= 15 is 0 Å². The summed E-state index contributed by atoms with van der Waals surface area (Å²) >= 11 is 6.99. The van der Waals surface area contributed by atoms with E-state index in [1.807, 2.05) is 6.07 Å². The van der Waals surface area contributed by atoms with Gasteiger partial charge in [0.2, 0.25) is 5.91 Å². The zero-order chi connectivity index (χ0) is 32.1. The van der Waals surface area contributed by atoms with Gasteiger partial charge >= 0.3 is 5.97 Å². The molecule has 0 aliphatic rings. The highest BCUT2D eigenvalue weighted by atomic mass is 35.5. The molecule has 1 N–H and O–H groups in total. The van der Waals surface area contributed by atoms with Gasteiger partial charge in [0.1, 0.15) is 28.8 Å². The lowest BCUT2D eigenvalue weighted by Crippen LogP contribution is -2.45. The van der Waals surface area contributed by atoms with E-state index in [1.165, 1.54) is 25.4 Å². The van der Waals surface area contributed by atoms with Crippen molar-refractivity contribution in [3.63, 3.8) is 0 Å². The number of hydrogen-bond acceptors (Lipinski definition) is 7. The number of ether oxygens (including phenoxy) is 1. The fraction of sp³-hybridized carbons (Fsp3) is 0.484. The molecule has 1 aromatic carbocycles. The molecule has 0 fully saturated rings. The number of carbonyl (C=O) groups is 2. The van der Waals surface area contributed by atoms with Gasteiger partial charge in [-0.05, 0) is 72.9 Å². The number of rotatable bonds is 10. The first-order valence-electron chi connectivity index (χ1n) is 13.9. The SMILES string of the molecule is COC(=O)c1c(O[Si](C)(C)C(C)(C)C)cc(O[Si](C)(C)C(C)(C)C)c(Cl)c1CC/C=C\C(=O)Nc1ccc(C#N)nc1. The summed E-state index contributed by atoms with van der Waals surface area (Å²) in [5.74, 6) is -0.0153. The normalized spacial score (nSPS) is 12.5. The van der Waals surface area contributed by atoms with Crippen molar-refractivity contribution in [1.82, 2.24) is 4.98 Å². The van der Waals surface area contributed by atoms with E-state index in [2.05, 4.69) is 78.0 Å². The van der Waals surface area contributed by atoms with Crippen LogP contribution in [-0.4, -0.2) is 40.6 Å². The number of benzene rings is 1. The van der Waals surface area contributed by atoms with Crippen LogP contribution in [0, 0.1) is 11.3 Å². The summed E-state index contributed by atoms with van der Waals surface area (Å²) in [6.07, 6.45) is 5.29. The van der Waals surface area contributed by atoms with Crippen LogP contribution in [0.15, 0.2) is 36.5 Å². The summed E-state index contributed by atoms with van der Waals surface area (Å²) in [6.45, 7) is 21.3. The molecule has 42 heavy (non-hydrogen) atoms. The summed E-state index contributed by atoms with van der Waals surface area (Å²) < 4.78 is 18.5. The first-order valence-corrected chi connectivity index (χ1v) is 20.1. The molecule has 0 saturated heterocycles. The smallest absolute Gasteiger partial charge is 0.341 e. The van der Waals surface area contributed by atoms with E-state index in [4.69, 9.17) is 30.5 Å². The van der Waals surface area contributed by atoms with E-state index in [0.29, 0.717) is 40.6 Å². The number of anilines is 1. The van der Waals surface area contributed by atoms with Crippen molar-refractivity contribution in [2.24, 2.45) is 0 Å². The van der Waals surface area contributed by atoms with Crippen LogP contribution in [0.2, 0.25) is 41.3 Å². The Hall–Kier alpha value is -3.14. The van der Waals surface area contributed by atoms with Crippen LogP contribution < -0.4 is 14.2 Å². The zero-order valence-corrected chi connectivity index (χ0v) is 29.4. The minimum absolute atomic E-state index is 0.0848. The number of nitrogens with one attached hydrogen (secondary N) is 1. The Balaban J connectivity index is 2.51. The fourth-order valence-corrected chi connectivity index (χ4v) is 5.75. The van der Waals surface area contributed by atoms with Gasteiger partial charge in [-0.2, -0.15) is 5.26 Å². The third kappa shape index (κ3) is 8.69. The summed E-state index contributed by atoms with van der Waals surface area (Å²) in [5, 5.41) is 11.7. The highest BCUT2D eigenvalue weighted by Crippen LogP contribution is 2.46. The van der Waals surface area contributed by atoms with Crippen molar-refractivity contribution in [2.45, 2.75) is 90.6 Å². The van der Waals surface area contributed by atoms with Gasteiger partial charge in [-0.1, -0.05) is 59.2 Å². The van der Waals surface area contributed by atoms with Crippen LogP contribution in [0.1, 0.15) is 69.6 Å². The van der Waals surface area contributed by atoms with Gasteiger partial charge in [-0.15, -0.1) is 0 Å². The van der Waals surface area contributed by atoms with E-state index in [-0.39, 0.29) is 27.2 Å². The predicted molar refractivity (Wildman–Crippen MR) is 173 cm³/mol. The molecule has 0 unspecified atom stereocenters. The Morgan fingerprint density at radius 3 is 2.07 bits per heavy atom. The monoisotopic (exact) mass is 629 g/mol. The molecule has 1 aromatic heterocycles. The van der Waals surface area contributed by atoms with Gasteiger partial charge in [0.25, 0.3) is 16.6 Å². The number of carbonyl (C=O) groups excluding carboxylic acids is 2. The molecule has 11 heteroatoms. The molecule has 228 valence electrons. The van der Waals surface area contributed by atoms with Gasteiger partial charge in [-0.25, -0.2) is 9.78 Å². The molecule has 1 amide bonds. The third-order valence-electron chi connectivity index (χ3n) is 8.00. The molecule has 0 atom stereocenters. The lowest BCUT2D eigenvalue weighted by atomic mass is 10.0. The van der Waals surface area contributed by atoms with Crippen LogP contribution in [-0.2, 0) is 16.0 Å². The third-order valence-corrected chi connectivity index (χ3v) is 17.1. The van der Waals surface area contributed by atoms with Crippen molar-refractivity contribution in [3.05, 3.63) is 58.4 Å². The number of aromatic nitrogens is 1. The summed E-state index contributed by atoms with van der Waals surface area (Å²) in [7, 11) is -3.35. The number of hydrogen-bond donors (Lipinski definition) is 1. The summed E-state index contributed by atoms with van der Waals surface area (Å²) in [6, 6.07) is 6.82. The van der Waals surface area contributed by atoms with Crippen LogP contribution >= 0.6 is 11.6 Å². The lowest BCUT2D eigenvalue weighted by Gasteiger charge is -2.39. The molecule has 0 spiro atoms. The largest absolute Gasteiger partial charge is 0.543 e. The Kier molecular flexibility index (Phi) is 11.2. The number of nitrogens with zero attached hydrogens (tertiary/aromatic N) is 2. The quantitative estimate of drug-likeness (QED) is 0.160. The molecule has 2 aromatic rings. The number of nitriles is 1. The second-order valence-electron chi connectivity index (χ2n) is 13.2. The summed E-state index contributed by atoms with van der Waals surface area (Å²) in [4.78, 5) is 29.6. The zero-order valence-electron chi connectivity index (χ0n) is 26.7. The maximum atomic E-state index is 13.2. The van der Waals surface area contributed by atoms with E-state index in [9.17, 15) is 9.59 Å². The molecule has 0 aliphatic carbocycles. The number of methoxy groups -OCH3 is 1. The molecular formula is C31H44ClN3O5Si2. The molecule has 0 radical (unpaired) electrons. The van der Waals surface area contributed by atoms with Gasteiger partial charge < -0.3 is 18.9 Å². The second-order valence-corrected chi connectivity index (χ2v) is 23.1. The van der Waals surface area contributed by atoms with Gasteiger partial charge in [0.05, 0.1) is 24.0 Å². The number of esters is 1. The molecule has 2 rings (SSSR count). The highest BCUT2D eigenvalue weighted by Gasteiger charge is 2.42. The van der Waals surface area contributed by atoms with Crippen molar-refractivity contribution >= 4 is 45.8 Å². The number of allylic oxidation sites excluding steroid dienone is 1. The average Bonchev–Trinajstić information content (AvgIpc) is 2.87. The molecule has 0 aliphatic heterocycles. The molecule has 0 bridgehead atoms. The Bertz CT molecular complexity index is 1370. The minimum Gasteiger partial charge on any atom is -0.543 e. The number of amides is 1.